The quantitative estimate of drug-likeness (QED) is 0.235. The molecule has 1 aromatic heterocycles. The molecule has 0 saturated carbocycles. The molecular formula is C26H25F2N5O2S. The van der Waals surface area contributed by atoms with E-state index in [-0.39, 0.29) is 17.4 Å². The van der Waals surface area contributed by atoms with Crippen LogP contribution in [0.2, 0.25) is 0 Å². The number of amides is 1. The summed E-state index contributed by atoms with van der Waals surface area (Å²) in [5.74, 6) is 6.64. The predicted molar refractivity (Wildman–Crippen MR) is 135 cm³/mol. The molecule has 2 N–H and O–H groups in total. The van der Waals surface area contributed by atoms with Crippen LogP contribution in [0.1, 0.15) is 11.1 Å². The van der Waals surface area contributed by atoms with Crippen molar-refractivity contribution in [3.05, 3.63) is 96.1 Å². The third-order valence-corrected chi connectivity index (χ3v) is 6.34. The number of benzene rings is 3. The molecule has 0 unspecified atom stereocenters. The first-order valence-electron chi connectivity index (χ1n) is 11.2. The first kappa shape index (κ1) is 25.2. The second-order valence-corrected chi connectivity index (χ2v) is 8.85. The van der Waals surface area contributed by atoms with Gasteiger partial charge in [-0.2, -0.15) is 8.78 Å². The lowest BCUT2D eigenvalue weighted by molar-refractivity contribution is -0.128. The number of carbonyl (C=O) groups is 1. The Bertz CT molecular complexity index is 1250. The number of nitrogen functional groups attached to an aromatic ring is 1. The lowest BCUT2D eigenvalue weighted by Crippen LogP contribution is -2.34. The molecule has 4 rings (SSSR count). The number of nitrogens with two attached hydrogens (primary N) is 1. The average Bonchev–Trinajstić information content (AvgIpc) is 3.26. The maximum Gasteiger partial charge on any atom is 0.387 e. The molecule has 186 valence electrons. The summed E-state index contributed by atoms with van der Waals surface area (Å²) in [5.41, 5.74) is 2.79. The Morgan fingerprint density at radius 1 is 0.944 bits per heavy atom. The van der Waals surface area contributed by atoms with Crippen LogP contribution in [0.5, 0.6) is 5.75 Å². The third kappa shape index (κ3) is 6.82. The summed E-state index contributed by atoms with van der Waals surface area (Å²) >= 11 is 1.19. The van der Waals surface area contributed by atoms with Crippen molar-refractivity contribution < 1.29 is 18.3 Å². The van der Waals surface area contributed by atoms with Crippen LogP contribution >= 0.6 is 11.8 Å². The van der Waals surface area contributed by atoms with E-state index in [1.165, 1.54) is 28.6 Å². The number of thioether (sulfide) groups is 1. The number of halogens is 2. The number of aromatic nitrogens is 3. The largest absolute Gasteiger partial charge is 0.435 e. The highest BCUT2D eigenvalue weighted by atomic mass is 32.2. The summed E-state index contributed by atoms with van der Waals surface area (Å²) in [7, 11) is 0. The number of carbonyl (C=O) groups excluding carboxylic acids is 1. The van der Waals surface area contributed by atoms with Gasteiger partial charge >= 0.3 is 6.61 Å². The van der Waals surface area contributed by atoms with Crippen LogP contribution in [0.3, 0.4) is 0 Å². The minimum absolute atomic E-state index is 0.0334. The molecule has 0 saturated heterocycles. The fraction of sp³-hybridized carbons (Fsp3) is 0.192. The Balaban J connectivity index is 1.41. The molecular weight excluding hydrogens is 484 g/mol. The normalized spacial score (nSPS) is 11.0. The van der Waals surface area contributed by atoms with Gasteiger partial charge in [0.2, 0.25) is 11.1 Å². The Labute approximate surface area is 211 Å². The van der Waals surface area contributed by atoms with Gasteiger partial charge in [-0.15, -0.1) is 10.2 Å². The van der Waals surface area contributed by atoms with E-state index >= 15 is 0 Å². The number of alkyl halides is 2. The van der Waals surface area contributed by atoms with Gasteiger partial charge in [-0.3, -0.25) is 4.79 Å². The van der Waals surface area contributed by atoms with Crippen LogP contribution in [-0.2, 0) is 17.8 Å². The number of ether oxygens (including phenoxy) is 1. The van der Waals surface area contributed by atoms with E-state index in [0.29, 0.717) is 29.6 Å². The predicted octanol–water partition coefficient (Wildman–Crippen LogP) is 4.62. The highest BCUT2D eigenvalue weighted by Gasteiger charge is 2.18. The monoisotopic (exact) mass is 509 g/mol. The summed E-state index contributed by atoms with van der Waals surface area (Å²) in [4.78, 5) is 15.0. The van der Waals surface area contributed by atoms with E-state index in [9.17, 15) is 13.6 Å². The number of hydrogen-bond donors (Lipinski definition) is 1. The molecule has 0 bridgehead atoms. The summed E-state index contributed by atoms with van der Waals surface area (Å²) < 4.78 is 30.4. The highest BCUT2D eigenvalue weighted by Crippen LogP contribution is 2.24. The second kappa shape index (κ2) is 12.2. The van der Waals surface area contributed by atoms with Gasteiger partial charge in [-0.25, -0.2) is 4.68 Å². The molecule has 36 heavy (non-hydrogen) atoms. The van der Waals surface area contributed by atoms with Gasteiger partial charge in [0, 0.05) is 18.7 Å². The molecule has 4 aromatic rings. The van der Waals surface area contributed by atoms with Crippen molar-refractivity contribution in [3.8, 4) is 17.1 Å². The van der Waals surface area contributed by atoms with E-state index in [1.807, 2.05) is 65.6 Å². The lowest BCUT2D eigenvalue weighted by Gasteiger charge is -2.23. The molecule has 1 amide bonds. The zero-order valence-corrected chi connectivity index (χ0v) is 20.2. The maximum atomic E-state index is 13.2. The van der Waals surface area contributed by atoms with Gasteiger partial charge in [-0.1, -0.05) is 72.4 Å². The summed E-state index contributed by atoms with van der Waals surface area (Å²) in [6, 6.07) is 25.8. The van der Waals surface area contributed by atoms with Gasteiger partial charge in [0.25, 0.3) is 0 Å². The molecule has 1 heterocycles. The minimum Gasteiger partial charge on any atom is -0.435 e. The van der Waals surface area contributed by atoms with E-state index < -0.39 is 6.61 Å². The van der Waals surface area contributed by atoms with Crippen LogP contribution in [-0.4, -0.2) is 44.6 Å². The Morgan fingerprint density at radius 3 is 2.22 bits per heavy atom. The molecule has 0 aliphatic heterocycles. The fourth-order valence-corrected chi connectivity index (χ4v) is 4.34. The lowest BCUT2D eigenvalue weighted by atomic mass is 10.1. The summed E-state index contributed by atoms with van der Waals surface area (Å²) in [6.07, 6.45) is 0.743. The molecule has 0 spiro atoms. The third-order valence-electron chi connectivity index (χ3n) is 5.41. The zero-order valence-electron chi connectivity index (χ0n) is 19.3. The van der Waals surface area contributed by atoms with E-state index in [4.69, 9.17) is 5.84 Å². The topological polar surface area (TPSA) is 86.3 Å². The van der Waals surface area contributed by atoms with Gasteiger partial charge in [0.05, 0.1) is 5.75 Å². The van der Waals surface area contributed by atoms with E-state index in [2.05, 4.69) is 14.9 Å². The standard InChI is InChI=1S/C26H25F2N5O2S/c27-25(28)35-22-13-11-21(12-14-22)24-30-31-26(33(24)29)36-18-23(34)32(17-20-9-5-2-6-10-20)16-15-19-7-3-1-4-8-19/h1-14,25H,15-18,29H2. The number of nitrogens with zero attached hydrogens (tertiary/aromatic N) is 4. The molecule has 10 heteroatoms. The van der Waals surface area contributed by atoms with Crippen molar-refractivity contribution >= 4 is 17.7 Å². The first-order valence-corrected chi connectivity index (χ1v) is 12.2. The van der Waals surface area contributed by atoms with Crippen molar-refractivity contribution in [3.63, 3.8) is 0 Å². The van der Waals surface area contributed by atoms with Crippen LogP contribution in [0, 0.1) is 0 Å². The van der Waals surface area contributed by atoms with Gasteiger partial charge in [0.15, 0.2) is 5.82 Å². The van der Waals surface area contributed by atoms with Crippen molar-refractivity contribution in [2.24, 2.45) is 0 Å². The molecule has 0 radical (unpaired) electrons. The number of rotatable bonds is 11. The van der Waals surface area contributed by atoms with Gasteiger partial charge < -0.3 is 15.5 Å². The summed E-state index contributed by atoms with van der Waals surface area (Å²) in [6.45, 7) is -1.82. The van der Waals surface area contributed by atoms with Crippen LogP contribution < -0.4 is 10.6 Å². The second-order valence-electron chi connectivity index (χ2n) is 7.90. The number of hydrogen-bond acceptors (Lipinski definition) is 6. The van der Waals surface area contributed by atoms with Crippen molar-refractivity contribution in [1.29, 1.82) is 0 Å². The Hall–Kier alpha value is -3.92. The molecule has 0 aliphatic carbocycles. The smallest absolute Gasteiger partial charge is 0.387 e. The Kier molecular flexibility index (Phi) is 8.51. The van der Waals surface area contributed by atoms with Crippen molar-refractivity contribution in [2.45, 2.75) is 24.7 Å². The van der Waals surface area contributed by atoms with E-state index in [1.54, 1.807) is 12.1 Å². The van der Waals surface area contributed by atoms with Crippen molar-refractivity contribution in [2.75, 3.05) is 18.1 Å². The van der Waals surface area contributed by atoms with Gasteiger partial charge in [-0.05, 0) is 41.8 Å². The van der Waals surface area contributed by atoms with Crippen LogP contribution in [0.4, 0.5) is 8.78 Å². The van der Waals surface area contributed by atoms with E-state index in [0.717, 1.165) is 17.5 Å². The molecule has 0 atom stereocenters. The minimum atomic E-state index is -2.90. The maximum absolute atomic E-state index is 13.2. The Morgan fingerprint density at radius 2 is 1.58 bits per heavy atom. The van der Waals surface area contributed by atoms with Crippen LogP contribution in [0.25, 0.3) is 11.4 Å². The van der Waals surface area contributed by atoms with Crippen LogP contribution in [0.15, 0.2) is 90.1 Å². The molecule has 7 nitrogen and oxygen atoms in total. The first-order chi connectivity index (χ1) is 17.5. The molecule has 3 aromatic carbocycles. The highest BCUT2D eigenvalue weighted by molar-refractivity contribution is 7.99. The molecule has 0 aliphatic rings. The van der Waals surface area contributed by atoms with Crippen molar-refractivity contribution in [1.82, 2.24) is 19.8 Å². The average molecular weight is 510 g/mol. The SMILES string of the molecule is Nn1c(SCC(=O)N(CCc2ccccc2)Cc2ccccc2)nnc1-c1ccc(OC(F)F)cc1. The van der Waals surface area contributed by atoms with Gasteiger partial charge in [0.1, 0.15) is 5.75 Å². The molecule has 0 fully saturated rings. The summed E-state index contributed by atoms with van der Waals surface area (Å²) in [5, 5.41) is 8.57. The zero-order chi connectivity index (χ0) is 25.3. The fourth-order valence-electron chi connectivity index (χ4n) is 3.58.